The molecular weight excluding hydrogens is 542 g/mol. The second kappa shape index (κ2) is 15.4. The number of ether oxygens (including phenoxy) is 1. The van der Waals surface area contributed by atoms with Crippen LogP contribution in [0.4, 0.5) is 11.4 Å². The van der Waals surface area contributed by atoms with Gasteiger partial charge in [0.25, 0.3) is 11.5 Å². The third-order valence-electron chi connectivity index (χ3n) is 6.70. The zero-order valence-electron chi connectivity index (χ0n) is 24.2. The van der Waals surface area contributed by atoms with Gasteiger partial charge in [-0.3, -0.25) is 19.2 Å². The fraction of sp³-hybridized carbons (Fsp3) is 0.433. The van der Waals surface area contributed by atoms with Crippen molar-refractivity contribution in [3.63, 3.8) is 0 Å². The largest absolute Gasteiger partial charge is 0.490 e. The summed E-state index contributed by atoms with van der Waals surface area (Å²) in [7, 11) is 0. The Balaban J connectivity index is 1.74. The summed E-state index contributed by atoms with van der Waals surface area (Å²) in [5.74, 6) is -1.65. The molecule has 1 aliphatic rings. The van der Waals surface area contributed by atoms with Crippen LogP contribution in [0.2, 0.25) is 0 Å². The van der Waals surface area contributed by atoms with Crippen molar-refractivity contribution < 1.29 is 29.0 Å². The van der Waals surface area contributed by atoms with Gasteiger partial charge in [0.05, 0.1) is 12.2 Å². The summed E-state index contributed by atoms with van der Waals surface area (Å²) in [6.45, 7) is 8.42. The van der Waals surface area contributed by atoms with E-state index >= 15 is 0 Å². The number of aromatic nitrogens is 1. The molecule has 0 saturated carbocycles. The summed E-state index contributed by atoms with van der Waals surface area (Å²) in [5.41, 5.74) is 0.533. The van der Waals surface area contributed by atoms with Crippen LogP contribution < -0.4 is 31.1 Å². The van der Waals surface area contributed by atoms with Gasteiger partial charge in [0, 0.05) is 30.9 Å². The highest BCUT2D eigenvalue weighted by molar-refractivity contribution is 6.01. The highest BCUT2D eigenvalue weighted by Crippen LogP contribution is 2.32. The summed E-state index contributed by atoms with van der Waals surface area (Å²) in [4.78, 5) is 64.8. The first-order chi connectivity index (χ1) is 20.1. The van der Waals surface area contributed by atoms with E-state index in [4.69, 9.17) is 9.84 Å². The molecule has 12 heteroatoms. The van der Waals surface area contributed by atoms with Crippen LogP contribution in [0.3, 0.4) is 0 Å². The van der Waals surface area contributed by atoms with Crippen molar-refractivity contribution in [3.8, 4) is 5.75 Å². The van der Waals surface area contributed by atoms with Crippen molar-refractivity contribution in [2.75, 3.05) is 36.5 Å². The van der Waals surface area contributed by atoms with Gasteiger partial charge < -0.3 is 35.3 Å². The average Bonchev–Trinajstić information content (AvgIpc) is 2.95. The highest BCUT2D eigenvalue weighted by atomic mass is 16.5. The van der Waals surface area contributed by atoms with Gasteiger partial charge in [0.2, 0.25) is 11.8 Å². The maximum atomic E-state index is 13.3. The summed E-state index contributed by atoms with van der Waals surface area (Å²) in [6.07, 6.45) is 4.85. The summed E-state index contributed by atoms with van der Waals surface area (Å²) < 4.78 is 6.92. The molecule has 0 radical (unpaired) electrons. The highest BCUT2D eigenvalue weighted by Gasteiger charge is 2.24. The molecule has 2 aromatic rings. The van der Waals surface area contributed by atoms with E-state index in [0.717, 1.165) is 31.3 Å². The lowest BCUT2D eigenvalue weighted by Gasteiger charge is -2.30. The zero-order valence-corrected chi connectivity index (χ0v) is 24.2. The number of fused-ring (bicyclic) bond motifs is 1. The number of carboxylic acid groups (broad SMARTS) is 1. The quantitative estimate of drug-likeness (QED) is 0.248. The number of nitrogens with one attached hydrogen (secondary N) is 3. The molecular formula is C30H39N5O7. The van der Waals surface area contributed by atoms with Crippen molar-refractivity contribution in [3.05, 3.63) is 64.6 Å². The molecule has 1 aliphatic heterocycles. The summed E-state index contributed by atoms with van der Waals surface area (Å²) in [6, 6.07) is 6.92. The van der Waals surface area contributed by atoms with Crippen molar-refractivity contribution in [1.29, 1.82) is 0 Å². The Morgan fingerprint density at radius 2 is 1.93 bits per heavy atom. The minimum Gasteiger partial charge on any atom is -0.490 e. The van der Waals surface area contributed by atoms with Gasteiger partial charge in [0.1, 0.15) is 30.6 Å². The first kappa shape index (κ1) is 31.9. The molecule has 1 atom stereocenters. The van der Waals surface area contributed by atoms with Gasteiger partial charge in [-0.15, -0.1) is 0 Å². The van der Waals surface area contributed by atoms with Gasteiger partial charge in [0.15, 0.2) is 0 Å². The van der Waals surface area contributed by atoms with Crippen LogP contribution in [0.15, 0.2) is 53.5 Å². The van der Waals surface area contributed by atoms with Crippen LogP contribution in [0.1, 0.15) is 50.4 Å². The SMILES string of the molecule is CCN1CCOc2cc(C(=O)NC(CCC=CC(=O)O)C(=O)Nc3cccn(CC(=O)NCCC(C)C)c3=O)ccc21. The van der Waals surface area contributed by atoms with E-state index in [-0.39, 0.29) is 36.5 Å². The van der Waals surface area contributed by atoms with Crippen molar-refractivity contribution in [2.45, 2.75) is 52.6 Å². The molecule has 12 nitrogen and oxygen atoms in total. The Bertz CT molecular complexity index is 1370. The van der Waals surface area contributed by atoms with E-state index in [1.807, 2.05) is 20.8 Å². The lowest BCUT2D eigenvalue weighted by atomic mass is 10.1. The van der Waals surface area contributed by atoms with E-state index < -0.39 is 29.4 Å². The van der Waals surface area contributed by atoms with Crippen LogP contribution in [-0.2, 0) is 20.9 Å². The van der Waals surface area contributed by atoms with Gasteiger partial charge in [-0.25, -0.2) is 4.79 Å². The lowest BCUT2D eigenvalue weighted by molar-refractivity contribution is -0.131. The van der Waals surface area contributed by atoms with Crippen LogP contribution in [0.25, 0.3) is 0 Å². The van der Waals surface area contributed by atoms with Gasteiger partial charge in [-0.1, -0.05) is 19.9 Å². The number of aliphatic carboxylic acids is 1. The molecule has 0 bridgehead atoms. The molecule has 0 aliphatic carbocycles. The fourth-order valence-electron chi connectivity index (χ4n) is 4.39. The minimum absolute atomic E-state index is 0.0559. The van der Waals surface area contributed by atoms with Gasteiger partial charge in [-0.2, -0.15) is 0 Å². The topological polar surface area (TPSA) is 159 Å². The predicted octanol–water partition coefficient (Wildman–Crippen LogP) is 2.39. The molecule has 0 spiro atoms. The first-order valence-electron chi connectivity index (χ1n) is 14.1. The number of rotatable bonds is 14. The van der Waals surface area contributed by atoms with Crippen molar-refractivity contribution in [1.82, 2.24) is 15.2 Å². The molecule has 226 valence electrons. The number of nitrogens with zero attached hydrogens (tertiary/aromatic N) is 2. The van der Waals surface area contributed by atoms with E-state index in [0.29, 0.717) is 24.8 Å². The van der Waals surface area contributed by atoms with Crippen molar-refractivity contribution >= 4 is 35.1 Å². The van der Waals surface area contributed by atoms with E-state index in [1.54, 1.807) is 18.2 Å². The zero-order chi connectivity index (χ0) is 30.6. The van der Waals surface area contributed by atoms with Crippen LogP contribution in [-0.4, -0.2) is 65.6 Å². The predicted molar refractivity (Wildman–Crippen MR) is 159 cm³/mol. The lowest BCUT2D eigenvalue weighted by Crippen LogP contribution is -2.44. The van der Waals surface area contributed by atoms with E-state index in [9.17, 15) is 24.0 Å². The number of amides is 3. The molecule has 1 unspecified atom stereocenters. The van der Waals surface area contributed by atoms with Crippen LogP contribution in [0, 0.1) is 5.92 Å². The number of hydrogen-bond acceptors (Lipinski definition) is 7. The summed E-state index contributed by atoms with van der Waals surface area (Å²) >= 11 is 0. The Hall–Kier alpha value is -4.61. The molecule has 3 amide bonds. The number of pyridine rings is 1. The monoisotopic (exact) mass is 581 g/mol. The molecule has 3 rings (SSSR count). The Morgan fingerprint density at radius 1 is 1.14 bits per heavy atom. The van der Waals surface area contributed by atoms with Crippen LogP contribution in [0.5, 0.6) is 5.75 Å². The Morgan fingerprint density at radius 3 is 2.64 bits per heavy atom. The number of likely N-dealkylation sites (N-methyl/N-ethyl adjacent to an activating group) is 1. The second-order valence-electron chi connectivity index (χ2n) is 10.3. The van der Waals surface area contributed by atoms with Gasteiger partial charge >= 0.3 is 5.97 Å². The molecule has 42 heavy (non-hydrogen) atoms. The summed E-state index contributed by atoms with van der Waals surface area (Å²) in [5, 5.41) is 16.9. The average molecular weight is 582 g/mol. The number of carbonyl (C=O) groups is 4. The third-order valence-corrected chi connectivity index (χ3v) is 6.70. The van der Waals surface area contributed by atoms with Crippen molar-refractivity contribution in [2.24, 2.45) is 5.92 Å². The number of carbonyl (C=O) groups excluding carboxylic acids is 3. The Kier molecular flexibility index (Phi) is 11.7. The first-order valence-corrected chi connectivity index (χ1v) is 14.1. The number of allylic oxidation sites excluding steroid dienone is 1. The fourth-order valence-corrected chi connectivity index (χ4v) is 4.39. The normalized spacial score (nSPS) is 13.3. The number of anilines is 2. The molecule has 1 aromatic carbocycles. The number of carboxylic acids is 1. The molecule has 0 fully saturated rings. The number of hydrogen-bond donors (Lipinski definition) is 4. The molecule has 1 aromatic heterocycles. The van der Waals surface area contributed by atoms with Crippen LogP contribution >= 0.6 is 0 Å². The Labute approximate surface area is 244 Å². The molecule has 0 saturated heterocycles. The standard InChI is InChI=1S/C30H39N5O7/c1-4-34-16-17-42-25-18-21(11-12-24(25)34)28(39)32-22(8-5-6-10-27(37)38)29(40)33-23-9-7-15-35(30(23)41)19-26(36)31-14-13-20(2)3/h6-7,9-12,15,18,20,22H,4-5,8,13-14,16-17,19H2,1-3H3,(H,31,36)(H,32,39)(H,33,40)(H,37,38). The van der Waals surface area contributed by atoms with E-state index in [2.05, 4.69) is 20.9 Å². The minimum atomic E-state index is -1.13. The maximum absolute atomic E-state index is 13.3. The molecule has 4 N–H and O–H groups in total. The maximum Gasteiger partial charge on any atom is 0.327 e. The number of benzene rings is 1. The third kappa shape index (κ3) is 9.22. The van der Waals surface area contributed by atoms with Gasteiger partial charge in [-0.05, 0) is 62.4 Å². The smallest absolute Gasteiger partial charge is 0.327 e. The van der Waals surface area contributed by atoms with E-state index in [1.165, 1.54) is 29.0 Å². The second-order valence-corrected chi connectivity index (χ2v) is 10.3. The molecule has 2 heterocycles.